The molecule has 140 valence electrons. The molecule has 26 heavy (non-hydrogen) atoms. The van der Waals surface area contributed by atoms with Gasteiger partial charge in [0.25, 0.3) is 5.91 Å². The Labute approximate surface area is 158 Å². The molecule has 0 spiro atoms. The Morgan fingerprint density at radius 1 is 1.19 bits per heavy atom. The number of carbonyl (C=O) groups excluding carboxylic acids is 1. The molecule has 8 heteroatoms. The van der Waals surface area contributed by atoms with Crippen LogP contribution >= 0.6 is 11.6 Å². The zero-order valence-electron chi connectivity index (χ0n) is 14.7. The summed E-state index contributed by atoms with van der Waals surface area (Å²) in [5.74, 6) is -0.212. The predicted molar refractivity (Wildman–Crippen MR) is 101 cm³/mol. The molecule has 0 saturated heterocycles. The van der Waals surface area contributed by atoms with E-state index in [1.165, 1.54) is 25.3 Å². The number of ether oxygens (including phenoxy) is 1. The van der Waals surface area contributed by atoms with Crippen LogP contribution in [0.15, 0.2) is 47.4 Å². The van der Waals surface area contributed by atoms with Crippen molar-refractivity contribution in [3.05, 3.63) is 58.6 Å². The summed E-state index contributed by atoms with van der Waals surface area (Å²) in [6.45, 7) is 3.74. The Kier molecular flexibility index (Phi) is 6.63. The highest BCUT2D eigenvalue weighted by Crippen LogP contribution is 2.25. The van der Waals surface area contributed by atoms with E-state index in [2.05, 4.69) is 10.0 Å². The molecule has 0 aliphatic heterocycles. The van der Waals surface area contributed by atoms with Crippen LogP contribution < -0.4 is 14.8 Å². The molecule has 6 nitrogen and oxygen atoms in total. The van der Waals surface area contributed by atoms with Crippen LogP contribution in [0.5, 0.6) is 5.75 Å². The van der Waals surface area contributed by atoms with E-state index in [0.29, 0.717) is 5.02 Å². The summed E-state index contributed by atoms with van der Waals surface area (Å²) in [5.41, 5.74) is 1.11. The number of hydrogen-bond acceptors (Lipinski definition) is 4. The number of carbonyl (C=O) groups is 1. The fourth-order valence-corrected chi connectivity index (χ4v) is 3.77. The SMILES string of the molecule is CCNS(=O)(=O)c1cc(C(=O)NC(C)c2ccc(Cl)cc2)ccc1OC. The van der Waals surface area contributed by atoms with Crippen molar-refractivity contribution in [2.75, 3.05) is 13.7 Å². The first-order chi connectivity index (χ1) is 12.3. The molecule has 0 fully saturated rings. The Morgan fingerprint density at radius 3 is 2.42 bits per heavy atom. The van der Waals surface area contributed by atoms with Crippen molar-refractivity contribution in [2.24, 2.45) is 0 Å². The summed E-state index contributed by atoms with van der Waals surface area (Å²) >= 11 is 5.87. The lowest BCUT2D eigenvalue weighted by molar-refractivity contribution is 0.0939. The highest BCUT2D eigenvalue weighted by Gasteiger charge is 2.21. The largest absolute Gasteiger partial charge is 0.495 e. The third kappa shape index (κ3) is 4.75. The first-order valence-electron chi connectivity index (χ1n) is 8.02. The van der Waals surface area contributed by atoms with Gasteiger partial charge in [-0.05, 0) is 42.8 Å². The molecule has 0 aliphatic carbocycles. The average Bonchev–Trinajstić information content (AvgIpc) is 2.61. The molecule has 2 aromatic carbocycles. The van der Waals surface area contributed by atoms with Crippen molar-refractivity contribution in [3.63, 3.8) is 0 Å². The molecule has 1 amide bonds. The fourth-order valence-electron chi connectivity index (χ4n) is 2.41. The first-order valence-corrected chi connectivity index (χ1v) is 9.88. The molecular formula is C18H21ClN2O4S. The van der Waals surface area contributed by atoms with Crippen molar-refractivity contribution >= 4 is 27.5 Å². The lowest BCUT2D eigenvalue weighted by Gasteiger charge is -2.16. The highest BCUT2D eigenvalue weighted by atomic mass is 35.5. The molecule has 2 N–H and O–H groups in total. The van der Waals surface area contributed by atoms with Gasteiger partial charge in [-0.15, -0.1) is 0 Å². The number of benzene rings is 2. The van der Waals surface area contributed by atoms with Gasteiger partial charge in [0, 0.05) is 17.1 Å². The van der Waals surface area contributed by atoms with E-state index < -0.39 is 10.0 Å². The smallest absolute Gasteiger partial charge is 0.251 e. The van der Waals surface area contributed by atoms with Gasteiger partial charge in [0.1, 0.15) is 10.6 Å². The predicted octanol–water partition coefficient (Wildman–Crippen LogP) is 3.14. The molecule has 0 radical (unpaired) electrons. The highest BCUT2D eigenvalue weighted by molar-refractivity contribution is 7.89. The molecule has 0 aliphatic rings. The molecule has 0 saturated carbocycles. The van der Waals surface area contributed by atoms with E-state index in [-0.39, 0.29) is 34.7 Å². The monoisotopic (exact) mass is 396 g/mol. The molecule has 0 heterocycles. The number of rotatable bonds is 7. The van der Waals surface area contributed by atoms with Gasteiger partial charge in [-0.25, -0.2) is 13.1 Å². The van der Waals surface area contributed by atoms with Gasteiger partial charge in [0.2, 0.25) is 10.0 Å². The van der Waals surface area contributed by atoms with Crippen molar-refractivity contribution < 1.29 is 17.9 Å². The van der Waals surface area contributed by atoms with Crippen LogP contribution in [0.3, 0.4) is 0 Å². The van der Waals surface area contributed by atoms with Crippen molar-refractivity contribution in [2.45, 2.75) is 24.8 Å². The van der Waals surface area contributed by atoms with E-state index in [9.17, 15) is 13.2 Å². The maximum Gasteiger partial charge on any atom is 0.251 e. The van der Waals surface area contributed by atoms with Crippen molar-refractivity contribution in [1.82, 2.24) is 10.0 Å². The summed E-state index contributed by atoms with van der Waals surface area (Å²) < 4.78 is 32.2. The van der Waals surface area contributed by atoms with Gasteiger partial charge in [-0.1, -0.05) is 30.7 Å². The quantitative estimate of drug-likeness (QED) is 0.753. The summed E-state index contributed by atoms with van der Waals surface area (Å²) in [4.78, 5) is 12.5. The topological polar surface area (TPSA) is 84.5 Å². The van der Waals surface area contributed by atoms with Crippen LogP contribution in [0.2, 0.25) is 5.02 Å². The third-order valence-corrected chi connectivity index (χ3v) is 5.59. The van der Waals surface area contributed by atoms with Gasteiger partial charge in [0.15, 0.2) is 0 Å². The van der Waals surface area contributed by atoms with Crippen molar-refractivity contribution in [1.29, 1.82) is 0 Å². The van der Waals surface area contributed by atoms with E-state index in [1.807, 2.05) is 19.1 Å². The van der Waals surface area contributed by atoms with Gasteiger partial charge >= 0.3 is 0 Å². The first kappa shape index (κ1) is 20.2. The van der Waals surface area contributed by atoms with Crippen molar-refractivity contribution in [3.8, 4) is 5.75 Å². The molecule has 1 atom stereocenters. The van der Waals surface area contributed by atoms with E-state index >= 15 is 0 Å². The zero-order chi connectivity index (χ0) is 19.3. The number of sulfonamides is 1. The maximum absolute atomic E-state index is 12.5. The lowest BCUT2D eigenvalue weighted by atomic mass is 10.1. The second-order valence-corrected chi connectivity index (χ2v) is 7.79. The average molecular weight is 397 g/mol. The number of halogens is 1. The minimum atomic E-state index is -3.76. The van der Waals surface area contributed by atoms with Gasteiger partial charge in [-0.3, -0.25) is 4.79 Å². The number of methoxy groups -OCH3 is 1. The van der Waals surface area contributed by atoms with Crippen LogP contribution in [-0.2, 0) is 10.0 Å². The van der Waals surface area contributed by atoms with Crippen LogP contribution in [-0.4, -0.2) is 28.0 Å². The van der Waals surface area contributed by atoms with Crippen LogP contribution in [0.25, 0.3) is 0 Å². The van der Waals surface area contributed by atoms with Crippen LogP contribution in [0, 0.1) is 0 Å². The van der Waals surface area contributed by atoms with Gasteiger partial charge in [-0.2, -0.15) is 0 Å². The third-order valence-electron chi connectivity index (χ3n) is 3.77. The summed E-state index contributed by atoms with van der Waals surface area (Å²) in [7, 11) is -2.39. The van der Waals surface area contributed by atoms with E-state index in [1.54, 1.807) is 19.1 Å². The normalized spacial score (nSPS) is 12.5. The minimum absolute atomic E-state index is 0.0753. The standard InChI is InChI=1S/C18H21ClN2O4S/c1-4-20-26(23,24)17-11-14(7-10-16(17)25-3)18(22)21-12(2)13-5-8-15(19)9-6-13/h5-12,20H,4H2,1-3H3,(H,21,22). The Balaban J connectivity index is 2.27. The van der Waals surface area contributed by atoms with E-state index in [0.717, 1.165) is 5.56 Å². The maximum atomic E-state index is 12.5. The molecule has 0 aromatic heterocycles. The number of nitrogens with one attached hydrogen (secondary N) is 2. The van der Waals surface area contributed by atoms with Crippen LogP contribution in [0.1, 0.15) is 35.8 Å². The van der Waals surface area contributed by atoms with Gasteiger partial charge in [0.05, 0.1) is 13.2 Å². The Bertz CT molecular complexity index is 883. The fraction of sp³-hybridized carbons (Fsp3) is 0.278. The Morgan fingerprint density at radius 2 is 1.85 bits per heavy atom. The van der Waals surface area contributed by atoms with E-state index in [4.69, 9.17) is 16.3 Å². The summed E-state index contributed by atoms with van der Waals surface area (Å²) in [5, 5.41) is 3.45. The minimum Gasteiger partial charge on any atom is -0.495 e. The summed E-state index contributed by atoms with van der Waals surface area (Å²) in [6.07, 6.45) is 0. The zero-order valence-corrected chi connectivity index (χ0v) is 16.3. The summed E-state index contributed by atoms with van der Waals surface area (Å²) in [6, 6.07) is 11.2. The second-order valence-electron chi connectivity index (χ2n) is 5.61. The molecule has 2 rings (SSSR count). The Hall–Kier alpha value is -2.09. The molecular weight excluding hydrogens is 376 g/mol. The van der Waals surface area contributed by atoms with Gasteiger partial charge < -0.3 is 10.1 Å². The second kappa shape index (κ2) is 8.53. The number of hydrogen-bond donors (Lipinski definition) is 2. The number of amides is 1. The molecule has 2 aromatic rings. The lowest BCUT2D eigenvalue weighted by Crippen LogP contribution is -2.28. The molecule has 1 unspecified atom stereocenters. The molecule has 0 bridgehead atoms. The van der Waals surface area contributed by atoms with Crippen LogP contribution in [0.4, 0.5) is 0 Å².